The molecule has 2 atom stereocenters. The summed E-state index contributed by atoms with van der Waals surface area (Å²) in [4.78, 5) is 12.3. The zero-order valence-corrected chi connectivity index (χ0v) is 13.8. The van der Waals surface area contributed by atoms with Crippen molar-refractivity contribution in [2.45, 2.75) is 25.3 Å². The summed E-state index contributed by atoms with van der Waals surface area (Å²) in [6.07, 6.45) is 8.21. The van der Waals surface area contributed by atoms with Crippen LogP contribution in [-0.4, -0.2) is 22.5 Å². The standard InChI is InChI=1S/C18H17ClN2O3/c19-11-16(22)21-18(15-7-3-9-24-15)14-6-1-4-12(17(14)20-21)10-13-5-2-8-23-13/h2-3,5,7-10,14,18H,1,4,6,11H2/b12-10-/t14-,18+/m0/s1. The molecule has 1 aliphatic carbocycles. The van der Waals surface area contributed by atoms with E-state index in [2.05, 4.69) is 5.10 Å². The van der Waals surface area contributed by atoms with E-state index in [1.807, 2.05) is 30.3 Å². The molecular weight excluding hydrogens is 328 g/mol. The molecular formula is C18H17ClN2O3. The molecule has 2 aromatic rings. The third-order valence-corrected chi connectivity index (χ3v) is 4.79. The molecule has 1 aliphatic heterocycles. The van der Waals surface area contributed by atoms with Crippen LogP contribution in [0.4, 0.5) is 0 Å². The molecule has 1 fully saturated rings. The third kappa shape index (κ3) is 2.59. The first-order valence-electron chi connectivity index (χ1n) is 8.02. The molecule has 0 radical (unpaired) electrons. The zero-order valence-electron chi connectivity index (χ0n) is 13.0. The highest BCUT2D eigenvalue weighted by Crippen LogP contribution is 2.44. The molecule has 1 saturated carbocycles. The van der Waals surface area contributed by atoms with E-state index in [0.29, 0.717) is 0 Å². The van der Waals surface area contributed by atoms with Crippen LogP contribution in [0.1, 0.15) is 36.8 Å². The van der Waals surface area contributed by atoms with Gasteiger partial charge in [-0.15, -0.1) is 11.6 Å². The minimum absolute atomic E-state index is 0.0993. The number of fused-ring (bicyclic) bond motifs is 1. The zero-order chi connectivity index (χ0) is 16.5. The Balaban J connectivity index is 1.74. The molecule has 24 heavy (non-hydrogen) atoms. The Morgan fingerprint density at radius 3 is 2.88 bits per heavy atom. The summed E-state index contributed by atoms with van der Waals surface area (Å²) in [5.74, 6) is 1.36. The molecule has 1 amide bonds. The highest BCUT2D eigenvalue weighted by Gasteiger charge is 2.44. The van der Waals surface area contributed by atoms with Crippen LogP contribution in [0.2, 0.25) is 0 Å². The molecule has 0 spiro atoms. The highest BCUT2D eigenvalue weighted by atomic mass is 35.5. The van der Waals surface area contributed by atoms with Gasteiger partial charge in [-0.3, -0.25) is 4.79 Å². The van der Waals surface area contributed by atoms with Crippen LogP contribution < -0.4 is 0 Å². The Hall–Kier alpha value is -2.27. The van der Waals surface area contributed by atoms with Crippen LogP contribution in [0.3, 0.4) is 0 Å². The fraction of sp³-hybridized carbons (Fsp3) is 0.333. The van der Waals surface area contributed by atoms with Crippen LogP contribution in [0, 0.1) is 5.92 Å². The number of hydrogen-bond acceptors (Lipinski definition) is 4. The Kier molecular flexibility index (Phi) is 4.02. The number of amides is 1. The predicted octanol–water partition coefficient (Wildman–Crippen LogP) is 4.23. The number of alkyl halides is 1. The monoisotopic (exact) mass is 344 g/mol. The average Bonchev–Trinajstić information content (AvgIpc) is 3.33. The van der Waals surface area contributed by atoms with Gasteiger partial charge in [0, 0.05) is 5.92 Å². The third-order valence-electron chi connectivity index (χ3n) is 4.57. The topological polar surface area (TPSA) is 59.0 Å². The van der Waals surface area contributed by atoms with E-state index in [9.17, 15) is 4.79 Å². The second-order valence-corrected chi connectivity index (χ2v) is 6.27. The highest BCUT2D eigenvalue weighted by molar-refractivity contribution is 6.27. The van der Waals surface area contributed by atoms with Crippen molar-refractivity contribution in [2.75, 3.05) is 5.88 Å². The van der Waals surface area contributed by atoms with Gasteiger partial charge in [-0.1, -0.05) is 0 Å². The van der Waals surface area contributed by atoms with Crippen molar-refractivity contribution in [1.29, 1.82) is 0 Å². The smallest absolute Gasteiger partial charge is 0.258 e. The summed E-state index contributed by atoms with van der Waals surface area (Å²) in [5.41, 5.74) is 2.06. The lowest BCUT2D eigenvalue weighted by Crippen LogP contribution is -2.32. The Bertz CT molecular complexity index is 777. The first-order chi connectivity index (χ1) is 11.8. The molecule has 0 N–H and O–H groups in total. The molecule has 0 bridgehead atoms. The molecule has 4 rings (SSSR count). The first kappa shape index (κ1) is 15.3. The van der Waals surface area contributed by atoms with E-state index in [4.69, 9.17) is 20.4 Å². The molecule has 0 unspecified atom stereocenters. The van der Waals surface area contributed by atoms with Gasteiger partial charge in [0.1, 0.15) is 23.4 Å². The number of halogens is 1. The maximum Gasteiger partial charge on any atom is 0.258 e. The van der Waals surface area contributed by atoms with E-state index >= 15 is 0 Å². The van der Waals surface area contributed by atoms with Gasteiger partial charge < -0.3 is 8.83 Å². The Morgan fingerprint density at radius 1 is 1.33 bits per heavy atom. The lowest BCUT2D eigenvalue weighted by atomic mass is 9.79. The predicted molar refractivity (Wildman–Crippen MR) is 90.5 cm³/mol. The summed E-state index contributed by atoms with van der Waals surface area (Å²) in [6.45, 7) is 0. The number of carbonyl (C=O) groups excluding carboxylic acids is 1. The average molecular weight is 345 g/mol. The number of carbonyl (C=O) groups is 1. The SMILES string of the molecule is O=C(CCl)N1N=C2/C(=C\c3ccco3)CCC[C@@H]2[C@@H]1c1ccco1. The Morgan fingerprint density at radius 2 is 2.17 bits per heavy atom. The molecule has 2 aromatic heterocycles. The molecule has 6 heteroatoms. The fourth-order valence-corrected chi connectivity index (χ4v) is 3.67. The maximum atomic E-state index is 12.3. The normalized spacial score (nSPS) is 25.0. The summed E-state index contributed by atoms with van der Waals surface area (Å²) >= 11 is 5.79. The number of hydrogen-bond donors (Lipinski definition) is 0. The summed E-state index contributed by atoms with van der Waals surface area (Å²) in [6, 6.07) is 7.28. The van der Waals surface area contributed by atoms with Gasteiger partial charge in [-0.05, 0) is 55.2 Å². The molecule has 0 aromatic carbocycles. The van der Waals surface area contributed by atoms with E-state index in [1.54, 1.807) is 12.5 Å². The van der Waals surface area contributed by atoms with E-state index in [0.717, 1.165) is 42.1 Å². The van der Waals surface area contributed by atoms with Gasteiger partial charge in [0.25, 0.3) is 5.91 Å². The number of furan rings is 2. The van der Waals surface area contributed by atoms with Crippen molar-refractivity contribution in [2.24, 2.45) is 11.0 Å². The van der Waals surface area contributed by atoms with Crippen molar-refractivity contribution < 1.29 is 13.6 Å². The van der Waals surface area contributed by atoms with Gasteiger partial charge in [0.2, 0.25) is 0 Å². The van der Waals surface area contributed by atoms with Crippen molar-refractivity contribution in [3.63, 3.8) is 0 Å². The fourth-order valence-electron chi connectivity index (χ4n) is 3.55. The summed E-state index contributed by atoms with van der Waals surface area (Å²) in [5, 5.41) is 6.12. The van der Waals surface area contributed by atoms with Crippen molar-refractivity contribution in [3.8, 4) is 0 Å². The van der Waals surface area contributed by atoms with E-state index in [-0.39, 0.29) is 23.7 Å². The molecule has 2 aliphatic rings. The lowest BCUT2D eigenvalue weighted by molar-refractivity contribution is -0.131. The van der Waals surface area contributed by atoms with Gasteiger partial charge in [-0.2, -0.15) is 5.10 Å². The summed E-state index contributed by atoms with van der Waals surface area (Å²) < 4.78 is 11.0. The number of rotatable bonds is 3. The van der Waals surface area contributed by atoms with Gasteiger partial charge in [0.05, 0.1) is 18.2 Å². The van der Waals surface area contributed by atoms with Crippen molar-refractivity contribution >= 4 is 29.3 Å². The van der Waals surface area contributed by atoms with Crippen molar-refractivity contribution in [1.82, 2.24) is 5.01 Å². The first-order valence-corrected chi connectivity index (χ1v) is 8.56. The van der Waals surface area contributed by atoms with Crippen LogP contribution in [0.5, 0.6) is 0 Å². The molecule has 0 saturated heterocycles. The lowest BCUT2D eigenvalue weighted by Gasteiger charge is -2.27. The second kappa shape index (κ2) is 6.32. The molecule has 5 nitrogen and oxygen atoms in total. The van der Waals surface area contributed by atoms with E-state index < -0.39 is 0 Å². The van der Waals surface area contributed by atoms with Gasteiger partial charge >= 0.3 is 0 Å². The summed E-state index contributed by atoms with van der Waals surface area (Å²) in [7, 11) is 0. The van der Waals surface area contributed by atoms with Crippen LogP contribution in [0.15, 0.2) is 56.3 Å². The molecule has 3 heterocycles. The van der Waals surface area contributed by atoms with Crippen LogP contribution in [-0.2, 0) is 4.79 Å². The number of nitrogens with zero attached hydrogens (tertiary/aromatic N) is 2. The van der Waals surface area contributed by atoms with E-state index in [1.165, 1.54) is 5.01 Å². The van der Waals surface area contributed by atoms with Crippen molar-refractivity contribution in [3.05, 3.63) is 53.9 Å². The second-order valence-electron chi connectivity index (χ2n) is 6.00. The largest absolute Gasteiger partial charge is 0.467 e. The Labute approximate surface area is 144 Å². The van der Waals surface area contributed by atoms with Gasteiger partial charge in [0.15, 0.2) is 0 Å². The van der Waals surface area contributed by atoms with Crippen LogP contribution >= 0.6 is 11.6 Å². The molecule has 124 valence electrons. The quantitative estimate of drug-likeness (QED) is 0.783. The number of allylic oxidation sites excluding steroid dienone is 1. The minimum Gasteiger partial charge on any atom is -0.467 e. The maximum absolute atomic E-state index is 12.3. The van der Waals surface area contributed by atoms with Gasteiger partial charge in [-0.25, -0.2) is 5.01 Å². The number of hydrazone groups is 1. The minimum atomic E-state index is -0.221. The van der Waals surface area contributed by atoms with Crippen LogP contribution in [0.25, 0.3) is 6.08 Å².